The molecule has 0 radical (unpaired) electrons. The number of ether oxygens (including phenoxy) is 1. The highest BCUT2D eigenvalue weighted by Crippen LogP contribution is 2.37. The Morgan fingerprint density at radius 2 is 2.00 bits per heavy atom. The molecule has 0 atom stereocenters. The van der Waals surface area contributed by atoms with Gasteiger partial charge in [-0.2, -0.15) is 5.10 Å². The normalized spacial score (nSPS) is 16.8. The molecule has 0 bridgehead atoms. The summed E-state index contributed by atoms with van der Waals surface area (Å²) in [4.78, 5) is 11.5. The van der Waals surface area contributed by atoms with Crippen LogP contribution in [-0.2, 0) is 16.6 Å². The average molecular weight is 486 g/mol. The summed E-state index contributed by atoms with van der Waals surface area (Å²) in [6.07, 6.45) is 3.59. The summed E-state index contributed by atoms with van der Waals surface area (Å²) in [6, 6.07) is 6.54. The molecule has 182 valence electrons. The molecule has 0 unspecified atom stereocenters. The van der Waals surface area contributed by atoms with E-state index in [1.165, 1.54) is 9.87 Å². The summed E-state index contributed by atoms with van der Waals surface area (Å²) in [5.41, 5.74) is 2.99. The number of nitrogens with zero attached hydrogens (tertiary/aromatic N) is 7. The van der Waals surface area contributed by atoms with Crippen molar-refractivity contribution < 1.29 is 13.2 Å². The zero-order valence-electron chi connectivity index (χ0n) is 20.0. The second-order valence-electron chi connectivity index (χ2n) is 9.42. The molecule has 2 aliphatic rings. The molecular formula is C23H31N7O3S. The van der Waals surface area contributed by atoms with E-state index in [0.717, 1.165) is 41.7 Å². The molecule has 3 aromatic rings. The summed E-state index contributed by atoms with van der Waals surface area (Å²) in [7, 11) is -0.0118. The molecule has 1 saturated heterocycles. The lowest BCUT2D eigenvalue weighted by Gasteiger charge is -2.39. The maximum Gasteiger partial charge on any atom is 0.214 e. The molecule has 4 heterocycles. The van der Waals surface area contributed by atoms with Crippen molar-refractivity contribution in [2.45, 2.75) is 32.4 Å². The van der Waals surface area contributed by atoms with Gasteiger partial charge >= 0.3 is 0 Å². The summed E-state index contributed by atoms with van der Waals surface area (Å²) in [5, 5.41) is 4.34. The molecule has 0 spiro atoms. The first-order valence-corrected chi connectivity index (χ1v) is 13.2. The standard InChI is InChI=1S/C23H31N7O3S/c1-16(2)30-23(24-15-25-30)20-14-29-7-9-33-21-11-17(5-6-19(21)22(29)26-20)18-12-28(13-18)8-10-34(31,32)27(3)4/h5-6,11,14-16,18H,7-10,12-13H2,1-4H3. The maximum atomic E-state index is 12.0. The van der Waals surface area contributed by atoms with E-state index < -0.39 is 10.0 Å². The van der Waals surface area contributed by atoms with Gasteiger partial charge in [-0.1, -0.05) is 6.07 Å². The monoisotopic (exact) mass is 485 g/mol. The molecule has 11 heteroatoms. The first-order chi connectivity index (χ1) is 16.2. The van der Waals surface area contributed by atoms with Crippen LogP contribution >= 0.6 is 0 Å². The van der Waals surface area contributed by atoms with Crippen LogP contribution in [0, 0.1) is 0 Å². The minimum Gasteiger partial charge on any atom is -0.491 e. The van der Waals surface area contributed by atoms with Gasteiger partial charge in [0, 0.05) is 51.9 Å². The number of rotatable bonds is 7. The second-order valence-corrected chi connectivity index (χ2v) is 11.7. The molecule has 0 N–H and O–H groups in total. The Hall–Kier alpha value is -2.76. The van der Waals surface area contributed by atoms with E-state index in [9.17, 15) is 8.42 Å². The SMILES string of the molecule is CC(C)n1ncnc1-c1cn2c(n1)-c1ccc(C3CN(CCS(=O)(=O)N(C)C)C3)cc1OCC2. The fraction of sp³-hybridized carbons (Fsp3) is 0.522. The number of aromatic nitrogens is 5. The Labute approximate surface area is 200 Å². The van der Waals surface area contributed by atoms with Gasteiger partial charge in [-0.05, 0) is 31.5 Å². The zero-order chi connectivity index (χ0) is 24.0. The Kier molecular flexibility index (Phi) is 5.95. The summed E-state index contributed by atoms with van der Waals surface area (Å²) < 4.78 is 35.4. The van der Waals surface area contributed by atoms with E-state index in [1.807, 2.05) is 10.9 Å². The molecule has 0 amide bonds. The van der Waals surface area contributed by atoms with E-state index in [4.69, 9.17) is 9.72 Å². The van der Waals surface area contributed by atoms with Gasteiger partial charge in [0.05, 0.1) is 17.9 Å². The highest BCUT2D eigenvalue weighted by Gasteiger charge is 2.30. The van der Waals surface area contributed by atoms with Crippen molar-refractivity contribution in [1.29, 1.82) is 0 Å². The van der Waals surface area contributed by atoms with Crippen molar-refractivity contribution in [1.82, 2.24) is 33.5 Å². The Morgan fingerprint density at radius 1 is 1.21 bits per heavy atom. The average Bonchev–Trinajstić information content (AvgIpc) is 3.37. The van der Waals surface area contributed by atoms with Crippen LogP contribution in [0.15, 0.2) is 30.7 Å². The fourth-order valence-corrected chi connectivity index (χ4v) is 5.32. The molecule has 10 nitrogen and oxygen atoms in total. The van der Waals surface area contributed by atoms with Crippen molar-refractivity contribution in [3.8, 4) is 28.7 Å². The molecule has 1 fully saturated rings. The molecule has 1 aromatic carbocycles. The summed E-state index contributed by atoms with van der Waals surface area (Å²) in [5.74, 6) is 3.00. The first-order valence-electron chi connectivity index (χ1n) is 11.6. The maximum absolute atomic E-state index is 12.0. The van der Waals surface area contributed by atoms with E-state index in [2.05, 4.69) is 51.6 Å². The number of imidazole rings is 1. The number of fused-ring (bicyclic) bond motifs is 3. The van der Waals surface area contributed by atoms with Crippen molar-refractivity contribution in [2.24, 2.45) is 0 Å². The van der Waals surface area contributed by atoms with Crippen molar-refractivity contribution in [3.63, 3.8) is 0 Å². The lowest BCUT2D eigenvalue weighted by Crippen LogP contribution is -2.47. The van der Waals surface area contributed by atoms with Crippen molar-refractivity contribution >= 4 is 10.0 Å². The van der Waals surface area contributed by atoms with E-state index in [1.54, 1.807) is 20.4 Å². The van der Waals surface area contributed by atoms with Gasteiger partial charge in [0.1, 0.15) is 30.2 Å². The molecule has 0 saturated carbocycles. The second kappa shape index (κ2) is 8.79. The smallest absolute Gasteiger partial charge is 0.214 e. The van der Waals surface area contributed by atoms with Crippen LogP contribution in [0.3, 0.4) is 0 Å². The Morgan fingerprint density at radius 3 is 2.74 bits per heavy atom. The fourth-order valence-electron chi connectivity index (χ4n) is 4.46. The molecule has 34 heavy (non-hydrogen) atoms. The highest BCUT2D eigenvalue weighted by atomic mass is 32.2. The summed E-state index contributed by atoms with van der Waals surface area (Å²) in [6.45, 7) is 7.69. The quantitative estimate of drug-likeness (QED) is 0.505. The Bertz CT molecular complexity index is 1290. The van der Waals surface area contributed by atoms with E-state index in [-0.39, 0.29) is 11.8 Å². The third kappa shape index (κ3) is 4.23. The molecule has 2 aliphatic heterocycles. The number of hydrogen-bond acceptors (Lipinski definition) is 7. The van der Waals surface area contributed by atoms with Crippen LogP contribution in [0.25, 0.3) is 22.9 Å². The lowest BCUT2D eigenvalue weighted by molar-refractivity contribution is 0.157. The minimum absolute atomic E-state index is 0.148. The van der Waals surface area contributed by atoms with E-state index in [0.29, 0.717) is 25.6 Å². The van der Waals surface area contributed by atoms with Gasteiger partial charge in [0.2, 0.25) is 10.0 Å². The van der Waals surface area contributed by atoms with Crippen LogP contribution in [0.4, 0.5) is 0 Å². The number of sulfonamides is 1. The van der Waals surface area contributed by atoms with Gasteiger partial charge in [-0.3, -0.25) is 0 Å². The predicted octanol–water partition coefficient (Wildman–Crippen LogP) is 2.07. The van der Waals surface area contributed by atoms with Crippen molar-refractivity contribution in [3.05, 3.63) is 36.3 Å². The Balaban J connectivity index is 1.33. The third-order valence-corrected chi connectivity index (χ3v) is 8.37. The van der Waals surface area contributed by atoms with Gasteiger partial charge in [0.25, 0.3) is 0 Å². The van der Waals surface area contributed by atoms with Gasteiger partial charge < -0.3 is 14.2 Å². The highest BCUT2D eigenvalue weighted by molar-refractivity contribution is 7.89. The van der Waals surface area contributed by atoms with E-state index >= 15 is 0 Å². The molecule has 0 aliphatic carbocycles. The van der Waals surface area contributed by atoms with Gasteiger partial charge in [-0.25, -0.2) is 27.4 Å². The van der Waals surface area contributed by atoms with Crippen molar-refractivity contribution in [2.75, 3.05) is 46.1 Å². The largest absolute Gasteiger partial charge is 0.491 e. The van der Waals surface area contributed by atoms with Crippen LogP contribution in [0.2, 0.25) is 0 Å². The number of likely N-dealkylation sites (tertiary alicyclic amines) is 1. The number of benzene rings is 1. The first kappa shape index (κ1) is 23.0. The molecular weight excluding hydrogens is 454 g/mol. The zero-order valence-corrected chi connectivity index (χ0v) is 20.9. The van der Waals surface area contributed by atoms with Gasteiger partial charge in [0.15, 0.2) is 5.82 Å². The molecule has 5 rings (SSSR count). The third-order valence-electron chi connectivity index (χ3n) is 6.55. The predicted molar refractivity (Wildman–Crippen MR) is 129 cm³/mol. The number of hydrogen-bond donors (Lipinski definition) is 0. The minimum atomic E-state index is -3.17. The lowest BCUT2D eigenvalue weighted by atomic mass is 9.90. The van der Waals surface area contributed by atoms with Crippen LogP contribution < -0.4 is 4.74 Å². The van der Waals surface area contributed by atoms with Gasteiger partial charge in [-0.15, -0.1) is 0 Å². The topological polar surface area (TPSA) is 98.4 Å². The van der Waals surface area contributed by atoms with Crippen LogP contribution in [-0.4, -0.2) is 88.0 Å². The molecule has 2 aromatic heterocycles. The van der Waals surface area contributed by atoms with Crippen LogP contribution in [0.1, 0.15) is 31.4 Å². The van der Waals surface area contributed by atoms with Crippen LogP contribution in [0.5, 0.6) is 5.75 Å². The summed E-state index contributed by atoms with van der Waals surface area (Å²) >= 11 is 0.